The van der Waals surface area contributed by atoms with E-state index in [2.05, 4.69) is 12.2 Å². The Morgan fingerprint density at radius 1 is 1.26 bits per heavy atom. The summed E-state index contributed by atoms with van der Waals surface area (Å²) in [5, 5.41) is 3.15. The molecule has 4 atom stereocenters. The zero-order valence-electron chi connectivity index (χ0n) is 13.5. The molecule has 0 saturated heterocycles. The molecule has 1 aromatic rings. The predicted molar refractivity (Wildman–Crippen MR) is 88.1 cm³/mol. The molecule has 2 saturated carbocycles. The summed E-state index contributed by atoms with van der Waals surface area (Å²) in [6.45, 7) is 2.42. The zero-order chi connectivity index (χ0) is 15.8. The Kier molecular flexibility index (Phi) is 3.76. The van der Waals surface area contributed by atoms with E-state index in [9.17, 15) is 4.79 Å². The number of amides is 1. The Morgan fingerprint density at radius 3 is 2.91 bits per heavy atom. The van der Waals surface area contributed by atoms with Crippen molar-refractivity contribution < 1.29 is 14.3 Å². The van der Waals surface area contributed by atoms with Gasteiger partial charge in [0.15, 0.2) is 11.5 Å². The Hall–Kier alpha value is -1.97. The second-order valence-corrected chi connectivity index (χ2v) is 7.08. The third-order valence-corrected chi connectivity index (χ3v) is 5.63. The molecule has 2 bridgehead atoms. The third kappa shape index (κ3) is 2.94. The van der Waals surface area contributed by atoms with Crippen molar-refractivity contribution in [1.29, 1.82) is 0 Å². The lowest BCUT2D eigenvalue weighted by atomic mass is 9.84. The van der Waals surface area contributed by atoms with E-state index in [0.29, 0.717) is 5.92 Å². The molecule has 0 spiro atoms. The van der Waals surface area contributed by atoms with Crippen LogP contribution in [0, 0.1) is 17.8 Å². The minimum absolute atomic E-state index is 0.0158. The van der Waals surface area contributed by atoms with Crippen molar-refractivity contribution in [2.24, 2.45) is 17.8 Å². The van der Waals surface area contributed by atoms with Gasteiger partial charge in [0.2, 0.25) is 12.7 Å². The number of hydrogen-bond donors (Lipinski definition) is 1. The van der Waals surface area contributed by atoms with Gasteiger partial charge in [0.25, 0.3) is 0 Å². The topological polar surface area (TPSA) is 47.6 Å². The molecule has 1 amide bonds. The van der Waals surface area contributed by atoms with Crippen molar-refractivity contribution in [2.45, 2.75) is 38.6 Å². The van der Waals surface area contributed by atoms with Crippen molar-refractivity contribution in [1.82, 2.24) is 5.32 Å². The highest BCUT2D eigenvalue weighted by Crippen LogP contribution is 2.49. The van der Waals surface area contributed by atoms with Crippen molar-refractivity contribution in [2.75, 3.05) is 6.79 Å². The van der Waals surface area contributed by atoms with Crippen LogP contribution >= 0.6 is 0 Å². The molecule has 4 rings (SSSR count). The van der Waals surface area contributed by atoms with Crippen LogP contribution in [0.5, 0.6) is 11.5 Å². The Bertz CT molecular complexity index is 640. The highest BCUT2D eigenvalue weighted by Gasteiger charge is 2.41. The maximum absolute atomic E-state index is 12.2. The van der Waals surface area contributed by atoms with E-state index in [4.69, 9.17) is 9.47 Å². The van der Waals surface area contributed by atoms with Gasteiger partial charge >= 0.3 is 0 Å². The lowest BCUT2D eigenvalue weighted by molar-refractivity contribution is -0.117. The average Bonchev–Trinajstić information content (AvgIpc) is 3.28. The number of ether oxygens (including phenoxy) is 2. The van der Waals surface area contributed by atoms with Crippen LogP contribution in [-0.4, -0.2) is 18.7 Å². The fourth-order valence-electron chi connectivity index (χ4n) is 4.47. The Labute approximate surface area is 136 Å². The van der Waals surface area contributed by atoms with E-state index in [1.165, 1.54) is 25.7 Å². The van der Waals surface area contributed by atoms with Gasteiger partial charge in [-0.2, -0.15) is 0 Å². The van der Waals surface area contributed by atoms with E-state index in [1.54, 1.807) is 6.08 Å². The molecule has 2 aliphatic carbocycles. The molecule has 4 heteroatoms. The van der Waals surface area contributed by atoms with Crippen LogP contribution in [-0.2, 0) is 4.79 Å². The monoisotopic (exact) mass is 313 g/mol. The molecule has 0 radical (unpaired) electrons. The number of benzene rings is 1. The summed E-state index contributed by atoms with van der Waals surface area (Å²) in [5.41, 5.74) is 0.942. The maximum atomic E-state index is 12.2. The van der Waals surface area contributed by atoms with Crippen LogP contribution in [0.15, 0.2) is 24.3 Å². The van der Waals surface area contributed by atoms with Gasteiger partial charge in [-0.25, -0.2) is 0 Å². The molecule has 3 aliphatic rings. The second-order valence-electron chi connectivity index (χ2n) is 7.08. The molecule has 4 nitrogen and oxygen atoms in total. The summed E-state index contributed by atoms with van der Waals surface area (Å²) in [7, 11) is 0. The van der Waals surface area contributed by atoms with Crippen LogP contribution in [0.3, 0.4) is 0 Å². The fraction of sp³-hybridized carbons (Fsp3) is 0.526. The molecule has 1 N–H and O–H groups in total. The molecular weight excluding hydrogens is 290 g/mol. The van der Waals surface area contributed by atoms with Gasteiger partial charge in [0.1, 0.15) is 0 Å². The van der Waals surface area contributed by atoms with Gasteiger partial charge < -0.3 is 14.8 Å². The molecule has 1 aliphatic heterocycles. The number of fused-ring (bicyclic) bond motifs is 3. The molecule has 122 valence electrons. The number of carbonyl (C=O) groups excluding carboxylic acids is 1. The smallest absolute Gasteiger partial charge is 0.244 e. The quantitative estimate of drug-likeness (QED) is 0.867. The van der Waals surface area contributed by atoms with E-state index >= 15 is 0 Å². The van der Waals surface area contributed by atoms with Gasteiger partial charge in [0, 0.05) is 12.1 Å². The van der Waals surface area contributed by atoms with Gasteiger partial charge in [-0.15, -0.1) is 0 Å². The van der Waals surface area contributed by atoms with Crippen molar-refractivity contribution >= 4 is 12.0 Å². The summed E-state index contributed by atoms with van der Waals surface area (Å²) >= 11 is 0. The molecule has 0 aromatic heterocycles. The predicted octanol–water partition coefficient (Wildman–Crippen LogP) is 3.37. The molecule has 1 aromatic carbocycles. The minimum atomic E-state index is -0.0158. The van der Waals surface area contributed by atoms with Gasteiger partial charge in [-0.3, -0.25) is 4.79 Å². The lowest BCUT2D eigenvalue weighted by Crippen LogP contribution is -2.39. The Morgan fingerprint density at radius 2 is 2.13 bits per heavy atom. The lowest BCUT2D eigenvalue weighted by Gasteiger charge is -2.28. The summed E-state index contributed by atoms with van der Waals surface area (Å²) < 4.78 is 10.6. The number of carbonyl (C=O) groups is 1. The second kappa shape index (κ2) is 5.91. The van der Waals surface area contributed by atoms with Crippen LogP contribution < -0.4 is 14.8 Å². The summed E-state index contributed by atoms with van der Waals surface area (Å²) in [6.07, 6.45) is 8.84. The molecule has 4 unspecified atom stereocenters. The van der Waals surface area contributed by atoms with E-state index in [-0.39, 0.29) is 18.7 Å². The fourth-order valence-corrected chi connectivity index (χ4v) is 4.47. The minimum Gasteiger partial charge on any atom is -0.454 e. The normalized spacial score (nSPS) is 29.2. The van der Waals surface area contributed by atoms with Crippen LogP contribution in [0.2, 0.25) is 0 Å². The zero-order valence-corrected chi connectivity index (χ0v) is 13.5. The standard InChI is InChI=1S/C19H23NO3/c1-12(16-9-14-2-5-15(16)8-14)20-19(21)7-4-13-3-6-17-18(10-13)23-11-22-17/h3-4,6-7,10,12,14-16H,2,5,8-9,11H2,1H3,(H,20,21)/b7-4+. The SMILES string of the molecule is CC(NC(=O)/C=C/c1ccc2c(c1)OCO2)C1CC2CCC1C2. The largest absolute Gasteiger partial charge is 0.454 e. The van der Waals surface area contributed by atoms with Crippen molar-refractivity contribution in [3.8, 4) is 11.5 Å². The number of nitrogens with one attached hydrogen (secondary N) is 1. The maximum Gasteiger partial charge on any atom is 0.244 e. The van der Waals surface area contributed by atoms with Crippen molar-refractivity contribution in [3.63, 3.8) is 0 Å². The first-order valence-corrected chi connectivity index (χ1v) is 8.57. The van der Waals surface area contributed by atoms with E-state index in [0.717, 1.165) is 28.9 Å². The average molecular weight is 313 g/mol. The number of rotatable bonds is 4. The summed E-state index contributed by atoms with van der Waals surface area (Å²) in [5.74, 6) is 3.88. The molecule has 1 heterocycles. The summed E-state index contributed by atoms with van der Waals surface area (Å²) in [4.78, 5) is 12.2. The third-order valence-electron chi connectivity index (χ3n) is 5.63. The molecule has 23 heavy (non-hydrogen) atoms. The van der Waals surface area contributed by atoms with Crippen LogP contribution in [0.25, 0.3) is 6.08 Å². The Balaban J connectivity index is 1.34. The highest BCUT2D eigenvalue weighted by atomic mass is 16.7. The van der Waals surface area contributed by atoms with Gasteiger partial charge in [-0.05, 0) is 67.7 Å². The van der Waals surface area contributed by atoms with Gasteiger partial charge in [0.05, 0.1) is 0 Å². The van der Waals surface area contributed by atoms with Crippen LogP contribution in [0.4, 0.5) is 0 Å². The van der Waals surface area contributed by atoms with Crippen molar-refractivity contribution in [3.05, 3.63) is 29.8 Å². The van der Waals surface area contributed by atoms with E-state index in [1.807, 2.05) is 24.3 Å². The number of hydrogen-bond acceptors (Lipinski definition) is 3. The highest BCUT2D eigenvalue weighted by molar-refractivity contribution is 5.92. The summed E-state index contributed by atoms with van der Waals surface area (Å²) in [6, 6.07) is 5.96. The first kappa shape index (κ1) is 14.6. The van der Waals surface area contributed by atoms with Gasteiger partial charge in [-0.1, -0.05) is 12.5 Å². The van der Waals surface area contributed by atoms with E-state index < -0.39 is 0 Å². The first-order chi connectivity index (χ1) is 11.2. The molecule has 2 fully saturated rings. The first-order valence-electron chi connectivity index (χ1n) is 8.57. The molecular formula is C19H23NO3. The van der Waals surface area contributed by atoms with Crippen LogP contribution in [0.1, 0.15) is 38.2 Å².